The van der Waals surface area contributed by atoms with Crippen molar-refractivity contribution in [3.8, 4) is 17.6 Å². The Balaban J connectivity index is 2.07. The maximum atomic E-state index is 13.4. The zero-order valence-electron chi connectivity index (χ0n) is 11.8. The van der Waals surface area contributed by atoms with Crippen molar-refractivity contribution in [2.75, 3.05) is 0 Å². The van der Waals surface area contributed by atoms with E-state index in [4.69, 9.17) is 10.00 Å². The van der Waals surface area contributed by atoms with Crippen LogP contribution in [0.5, 0.6) is 11.5 Å². The van der Waals surface area contributed by atoms with Crippen LogP contribution in [0.2, 0.25) is 0 Å². The van der Waals surface area contributed by atoms with Crippen LogP contribution in [0.15, 0.2) is 35.2 Å². The molecule has 3 rings (SSSR count). The molecule has 1 N–H and O–H groups in total. The van der Waals surface area contributed by atoms with Gasteiger partial charge in [-0.1, -0.05) is 0 Å². The molecule has 1 aliphatic heterocycles. The standard InChI is InChI=1S/C15H9FN2O4S/c1-8-12(22-11-5-9(7-17)4-10(16)6-11)2-3-13-14(8)15(19)18-23(13,20)21/h2-6H,1H3,(H,18,19). The number of ether oxygens (including phenoxy) is 1. The summed E-state index contributed by atoms with van der Waals surface area (Å²) in [5.74, 6) is -1.10. The van der Waals surface area contributed by atoms with Crippen molar-refractivity contribution in [3.05, 3.63) is 52.8 Å². The summed E-state index contributed by atoms with van der Waals surface area (Å²) in [7, 11) is -3.84. The van der Waals surface area contributed by atoms with Gasteiger partial charge in [-0.2, -0.15) is 5.26 Å². The normalized spacial score (nSPS) is 14.7. The van der Waals surface area contributed by atoms with Crippen LogP contribution in [-0.2, 0) is 10.0 Å². The number of benzene rings is 2. The molecule has 6 nitrogen and oxygen atoms in total. The summed E-state index contributed by atoms with van der Waals surface area (Å²) in [6.07, 6.45) is 0. The third-order valence-electron chi connectivity index (χ3n) is 3.35. The molecule has 1 amide bonds. The first kappa shape index (κ1) is 15.0. The number of hydrogen-bond donors (Lipinski definition) is 1. The van der Waals surface area contributed by atoms with Crippen LogP contribution in [0.25, 0.3) is 0 Å². The molecule has 1 aliphatic rings. The van der Waals surface area contributed by atoms with Crippen molar-refractivity contribution in [1.82, 2.24) is 4.72 Å². The summed E-state index contributed by atoms with van der Waals surface area (Å²) >= 11 is 0. The molecule has 0 saturated heterocycles. The van der Waals surface area contributed by atoms with E-state index in [2.05, 4.69) is 0 Å². The Kier molecular flexibility index (Phi) is 3.30. The molecule has 0 saturated carbocycles. The highest BCUT2D eigenvalue weighted by Gasteiger charge is 2.35. The molecular weight excluding hydrogens is 323 g/mol. The highest BCUT2D eigenvalue weighted by atomic mass is 32.2. The predicted molar refractivity (Wildman–Crippen MR) is 77.0 cm³/mol. The number of rotatable bonds is 2. The summed E-state index contributed by atoms with van der Waals surface area (Å²) in [6, 6.07) is 7.91. The SMILES string of the molecule is Cc1c(Oc2cc(F)cc(C#N)c2)ccc2c1C(=O)NS2(=O)=O. The zero-order valence-corrected chi connectivity index (χ0v) is 12.6. The smallest absolute Gasteiger partial charge is 0.266 e. The molecule has 0 fully saturated rings. The summed E-state index contributed by atoms with van der Waals surface area (Å²) in [5, 5.41) is 8.83. The largest absolute Gasteiger partial charge is 0.457 e. The average molecular weight is 332 g/mol. The maximum Gasteiger partial charge on any atom is 0.266 e. The van der Waals surface area contributed by atoms with Gasteiger partial charge in [0.05, 0.1) is 17.2 Å². The fourth-order valence-corrected chi connectivity index (χ4v) is 3.54. The second-order valence-electron chi connectivity index (χ2n) is 4.89. The van der Waals surface area contributed by atoms with Gasteiger partial charge >= 0.3 is 0 Å². The van der Waals surface area contributed by atoms with E-state index in [0.717, 1.165) is 12.1 Å². The Morgan fingerprint density at radius 2 is 2.00 bits per heavy atom. The Bertz CT molecular complexity index is 993. The van der Waals surface area contributed by atoms with Gasteiger partial charge in [-0.25, -0.2) is 17.5 Å². The first-order valence-electron chi connectivity index (χ1n) is 6.41. The molecule has 2 aromatic rings. The summed E-state index contributed by atoms with van der Waals surface area (Å²) in [5.41, 5.74) is 0.391. The molecule has 0 aliphatic carbocycles. The van der Waals surface area contributed by atoms with Gasteiger partial charge in [0.15, 0.2) is 0 Å². The van der Waals surface area contributed by atoms with E-state index >= 15 is 0 Å². The molecule has 2 aromatic carbocycles. The van der Waals surface area contributed by atoms with Gasteiger partial charge in [-0.15, -0.1) is 0 Å². The van der Waals surface area contributed by atoms with Gasteiger partial charge in [-0.3, -0.25) is 4.79 Å². The molecule has 0 radical (unpaired) electrons. The van der Waals surface area contributed by atoms with Crippen molar-refractivity contribution in [1.29, 1.82) is 5.26 Å². The lowest BCUT2D eigenvalue weighted by atomic mass is 10.1. The van der Waals surface area contributed by atoms with Crippen molar-refractivity contribution in [3.63, 3.8) is 0 Å². The first-order chi connectivity index (χ1) is 10.8. The number of hydrogen-bond acceptors (Lipinski definition) is 5. The highest BCUT2D eigenvalue weighted by Crippen LogP contribution is 2.34. The second kappa shape index (κ2) is 5.07. The van der Waals surface area contributed by atoms with Crippen LogP contribution < -0.4 is 9.46 Å². The van der Waals surface area contributed by atoms with Crippen LogP contribution in [0.3, 0.4) is 0 Å². The second-order valence-corrected chi connectivity index (χ2v) is 6.54. The van der Waals surface area contributed by atoms with Crippen molar-refractivity contribution in [2.45, 2.75) is 11.8 Å². The Morgan fingerprint density at radius 1 is 1.26 bits per heavy atom. The van der Waals surface area contributed by atoms with Crippen molar-refractivity contribution < 1.29 is 22.3 Å². The van der Waals surface area contributed by atoms with Crippen LogP contribution in [-0.4, -0.2) is 14.3 Å². The molecule has 0 bridgehead atoms. The Morgan fingerprint density at radius 3 is 2.70 bits per heavy atom. The van der Waals surface area contributed by atoms with E-state index in [1.807, 2.05) is 4.72 Å². The topological polar surface area (TPSA) is 96.3 Å². The number of carbonyl (C=O) groups is 1. The van der Waals surface area contributed by atoms with E-state index in [9.17, 15) is 17.6 Å². The Hall–Kier alpha value is -2.92. The van der Waals surface area contributed by atoms with Gasteiger partial charge < -0.3 is 4.74 Å². The first-order valence-corrected chi connectivity index (χ1v) is 7.89. The predicted octanol–water partition coefficient (Wildman–Crippen LogP) is 2.23. The monoisotopic (exact) mass is 332 g/mol. The zero-order chi connectivity index (χ0) is 16.8. The van der Waals surface area contributed by atoms with E-state index in [-0.39, 0.29) is 27.5 Å². The summed E-state index contributed by atoms with van der Waals surface area (Å²) < 4.78 is 44.3. The van der Waals surface area contributed by atoms with E-state index in [1.165, 1.54) is 25.1 Å². The lowest BCUT2D eigenvalue weighted by molar-refractivity contribution is 0.0984. The molecule has 0 unspecified atom stereocenters. The summed E-state index contributed by atoms with van der Waals surface area (Å²) in [6.45, 7) is 1.53. The number of amides is 1. The number of sulfonamides is 1. The highest BCUT2D eigenvalue weighted by molar-refractivity contribution is 7.90. The lowest BCUT2D eigenvalue weighted by Crippen LogP contribution is -2.20. The molecule has 1 heterocycles. The fourth-order valence-electron chi connectivity index (χ4n) is 2.33. The molecule has 23 heavy (non-hydrogen) atoms. The van der Waals surface area contributed by atoms with Crippen LogP contribution in [0, 0.1) is 24.1 Å². The fraction of sp³-hybridized carbons (Fsp3) is 0.0667. The van der Waals surface area contributed by atoms with Crippen LogP contribution >= 0.6 is 0 Å². The van der Waals surface area contributed by atoms with Gasteiger partial charge in [0, 0.05) is 11.6 Å². The number of nitrogens with zero attached hydrogens (tertiary/aromatic N) is 1. The number of nitriles is 1. The number of halogens is 1. The maximum absolute atomic E-state index is 13.4. The minimum atomic E-state index is -3.84. The quantitative estimate of drug-likeness (QED) is 0.909. The Labute approximate surface area is 131 Å². The number of nitrogens with one attached hydrogen (secondary N) is 1. The van der Waals surface area contributed by atoms with Gasteiger partial charge in [0.2, 0.25) is 0 Å². The third-order valence-corrected chi connectivity index (χ3v) is 4.72. The molecule has 0 atom stereocenters. The minimum absolute atomic E-state index is 0.000547. The summed E-state index contributed by atoms with van der Waals surface area (Å²) in [4.78, 5) is 11.7. The lowest BCUT2D eigenvalue weighted by Gasteiger charge is -2.11. The van der Waals surface area contributed by atoms with Crippen molar-refractivity contribution in [2.24, 2.45) is 0 Å². The van der Waals surface area contributed by atoms with Crippen molar-refractivity contribution >= 4 is 15.9 Å². The third kappa shape index (κ3) is 2.51. The average Bonchev–Trinajstić information content (AvgIpc) is 2.71. The molecule has 8 heteroatoms. The van der Waals surface area contributed by atoms with Gasteiger partial charge in [0.1, 0.15) is 22.2 Å². The number of fused-ring (bicyclic) bond motifs is 1. The van der Waals surface area contributed by atoms with Gasteiger partial charge in [-0.05, 0) is 31.2 Å². The van der Waals surface area contributed by atoms with Crippen LogP contribution in [0.4, 0.5) is 4.39 Å². The number of carbonyl (C=O) groups excluding carboxylic acids is 1. The van der Waals surface area contributed by atoms with Gasteiger partial charge in [0.25, 0.3) is 15.9 Å². The van der Waals surface area contributed by atoms with E-state index in [1.54, 1.807) is 6.07 Å². The molecule has 116 valence electrons. The van der Waals surface area contributed by atoms with E-state index < -0.39 is 21.7 Å². The van der Waals surface area contributed by atoms with E-state index in [0.29, 0.717) is 5.56 Å². The van der Waals surface area contributed by atoms with Crippen LogP contribution in [0.1, 0.15) is 21.5 Å². The molecule has 0 aromatic heterocycles. The molecule has 0 spiro atoms. The molecular formula is C15H9FN2O4S. The minimum Gasteiger partial charge on any atom is -0.457 e.